The minimum atomic E-state index is -3.33. The molecule has 0 radical (unpaired) electrons. The van der Waals surface area contributed by atoms with Gasteiger partial charge < -0.3 is 0 Å². The first-order chi connectivity index (χ1) is 8.93. The Morgan fingerprint density at radius 2 is 1.58 bits per heavy atom. The quantitative estimate of drug-likeness (QED) is 0.638. The van der Waals surface area contributed by atoms with E-state index in [0.717, 1.165) is 28.4 Å². The van der Waals surface area contributed by atoms with Crippen LogP contribution in [0.25, 0.3) is 0 Å². The van der Waals surface area contributed by atoms with Crippen molar-refractivity contribution in [3.8, 4) is 0 Å². The average Bonchev–Trinajstić information content (AvgIpc) is 2.36. The van der Waals surface area contributed by atoms with Gasteiger partial charge in [-0.1, -0.05) is 44.4 Å². The summed E-state index contributed by atoms with van der Waals surface area (Å²) >= 11 is 2.19. The predicted molar refractivity (Wildman–Crippen MR) is 89.2 cm³/mol. The predicted octanol–water partition coefficient (Wildman–Crippen LogP) is 5.02. The Kier molecular flexibility index (Phi) is 6.53. The lowest BCUT2D eigenvalue weighted by Crippen LogP contribution is -2.06. The van der Waals surface area contributed by atoms with Crippen LogP contribution in [0.4, 0.5) is 0 Å². The molecule has 0 saturated heterocycles. The van der Waals surface area contributed by atoms with Crippen LogP contribution in [0.2, 0.25) is 0 Å². The molecule has 19 heavy (non-hydrogen) atoms. The monoisotopic (exact) mass is 392 g/mol. The van der Waals surface area contributed by atoms with E-state index in [2.05, 4.69) is 29.5 Å². The Hall–Kier alpha value is -0.360. The standard InChI is InChI=1S/C15H21IO2S/c1-4-6-14(16)15(7-5-2)19(17,18)13-10-8-12(3)9-11-13/h8-11H,4-7H2,1-3H3/b15-14+. The molecule has 1 rings (SSSR count). The summed E-state index contributed by atoms with van der Waals surface area (Å²) in [5.41, 5.74) is 1.07. The highest BCUT2D eigenvalue weighted by Crippen LogP contribution is 2.31. The molecule has 0 aliphatic heterocycles. The van der Waals surface area contributed by atoms with Crippen LogP contribution in [0.3, 0.4) is 0 Å². The van der Waals surface area contributed by atoms with Gasteiger partial charge in [0.2, 0.25) is 9.84 Å². The molecule has 0 saturated carbocycles. The number of aryl methyl sites for hydroxylation is 1. The van der Waals surface area contributed by atoms with Gasteiger partial charge in [-0.05, 0) is 54.5 Å². The molecule has 0 N–H and O–H groups in total. The van der Waals surface area contributed by atoms with Crippen molar-refractivity contribution in [2.24, 2.45) is 0 Å². The molecule has 0 bridgehead atoms. The maximum Gasteiger partial charge on any atom is 0.203 e. The third-order valence-corrected chi connectivity index (χ3v) is 6.45. The van der Waals surface area contributed by atoms with Crippen LogP contribution in [-0.4, -0.2) is 8.42 Å². The van der Waals surface area contributed by atoms with Gasteiger partial charge in [0.1, 0.15) is 0 Å². The van der Waals surface area contributed by atoms with Crippen molar-refractivity contribution < 1.29 is 8.42 Å². The smallest absolute Gasteiger partial charge is 0.203 e. The minimum absolute atomic E-state index is 0.409. The molecule has 106 valence electrons. The molecule has 1 aromatic carbocycles. The number of hydrogen-bond donors (Lipinski definition) is 0. The van der Waals surface area contributed by atoms with Crippen molar-refractivity contribution in [3.05, 3.63) is 38.3 Å². The van der Waals surface area contributed by atoms with Crippen molar-refractivity contribution in [2.45, 2.75) is 51.3 Å². The molecule has 1 aromatic rings. The largest absolute Gasteiger partial charge is 0.219 e. The van der Waals surface area contributed by atoms with Crippen molar-refractivity contribution in [3.63, 3.8) is 0 Å². The number of sulfone groups is 1. The molecule has 0 amide bonds. The van der Waals surface area contributed by atoms with E-state index in [0.29, 0.717) is 16.2 Å². The van der Waals surface area contributed by atoms with Gasteiger partial charge >= 0.3 is 0 Å². The number of hydrogen-bond acceptors (Lipinski definition) is 2. The second-order valence-corrected chi connectivity index (χ2v) is 7.92. The zero-order valence-electron chi connectivity index (χ0n) is 11.7. The van der Waals surface area contributed by atoms with E-state index in [1.807, 2.05) is 26.0 Å². The second-order valence-electron chi connectivity index (χ2n) is 4.64. The summed E-state index contributed by atoms with van der Waals surface area (Å²) in [5.74, 6) is 0. The van der Waals surface area contributed by atoms with E-state index >= 15 is 0 Å². The lowest BCUT2D eigenvalue weighted by molar-refractivity contribution is 0.599. The van der Waals surface area contributed by atoms with E-state index < -0.39 is 9.84 Å². The molecular formula is C15H21IO2S. The summed E-state index contributed by atoms with van der Waals surface area (Å²) in [6.45, 7) is 6.04. The van der Waals surface area contributed by atoms with E-state index in [1.165, 1.54) is 0 Å². The fourth-order valence-electron chi connectivity index (χ4n) is 1.86. The summed E-state index contributed by atoms with van der Waals surface area (Å²) < 4.78 is 26.3. The van der Waals surface area contributed by atoms with Gasteiger partial charge in [0, 0.05) is 3.58 Å². The molecule has 4 heteroatoms. The zero-order valence-corrected chi connectivity index (χ0v) is 14.7. The van der Waals surface area contributed by atoms with Gasteiger partial charge in [0.25, 0.3) is 0 Å². The van der Waals surface area contributed by atoms with E-state index in [9.17, 15) is 8.42 Å². The Labute approximate surface area is 130 Å². The molecule has 0 fully saturated rings. The Balaban J connectivity index is 3.28. The molecule has 0 spiro atoms. The van der Waals surface area contributed by atoms with Gasteiger partial charge in [-0.3, -0.25) is 0 Å². The van der Waals surface area contributed by atoms with Gasteiger partial charge in [0.05, 0.1) is 9.80 Å². The molecule has 2 nitrogen and oxygen atoms in total. The Morgan fingerprint density at radius 1 is 1.05 bits per heavy atom. The Morgan fingerprint density at radius 3 is 2.05 bits per heavy atom. The number of halogens is 1. The van der Waals surface area contributed by atoms with Crippen LogP contribution in [0, 0.1) is 6.92 Å². The summed E-state index contributed by atoms with van der Waals surface area (Å²) in [6.07, 6.45) is 3.26. The van der Waals surface area contributed by atoms with Crippen LogP contribution in [-0.2, 0) is 9.84 Å². The SMILES string of the molecule is CCC/C(I)=C(/CCC)S(=O)(=O)c1ccc(C)cc1. The molecular weight excluding hydrogens is 371 g/mol. The van der Waals surface area contributed by atoms with E-state index in [1.54, 1.807) is 12.1 Å². The lowest BCUT2D eigenvalue weighted by Gasteiger charge is -2.12. The van der Waals surface area contributed by atoms with E-state index in [-0.39, 0.29) is 0 Å². The fraction of sp³-hybridized carbons (Fsp3) is 0.467. The van der Waals surface area contributed by atoms with Crippen molar-refractivity contribution in [1.82, 2.24) is 0 Å². The molecule has 0 heterocycles. The second kappa shape index (κ2) is 7.43. The lowest BCUT2D eigenvalue weighted by atomic mass is 10.2. The first kappa shape index (κ1) is 16.7. The van der Waals surface area contributed by atoms with Crippen LogP contribution in [0.5, 0.6) is 0 Å². The van der Waals surface area contributed by atoms with Gasteiger partial charge in [-0.2, -0.15) is 0 Å². The van der Waals surface area contributed by atoms with Gasteiger partial charge in [-0.25, -0.2) is 8.42 Å². The van der Waals surface area contributed by atoms with Gasteiger partial charge in [0.15, 0.2) is 0 Å². The van der Waals surface area contributed by atoms with Crippen LogP contribution in [0.1, 0.15) is 45.1 Å². The molecule has 0 aromatic heterocycles. The van der Waals surface area contributed by atoms with Crippen molar-refractivity contribution >= 4 is 32.4 Å². The number of allylic oxidation sites excluding steroid dienone is 2. The molecule has 0 unspecified atom stereocenters. The van der Waals surface area contributed by atoms with Crippen molar-refractivity contribution in [2.75, 3.05) is 0 Å². The summed E-state index contributed by atoms with van der Waals surface area (Å²) in [5, 5.41) is 0. The highest BCUT2D eigenvalue weighted by molar-refractivity contribution is 14.1. The first-order valence-electron chi connectivity index (χ1n) is 6.62. The average molecular weight is 392 g/mol. The normalized spacial score (nSPS) is 13.3. The molecule has 0 atom stereocenters. The minimum Gasteiger partial charge on any atom is -0.219 e. The van der Waals surface area contributed by atoms with Crippen LogP contribution in [0.15, 0.2) is 37.6 Å². The van der Waals surface area contributed by atoms with E-state index in [4.69, 9.17) is 0 Å². The van der Waals surface area contributed by atoms with Crippen molar-refractivity contribution in [1.29, 1.82) is 0 Å². The summed E-state index contributed by atoms with van der Waals surface area (Å²) in [4.78, 5) is 1.01. The fourth-order valence-corrected chi connectivity index (χ4v) is 5.19. The number of rotatable bonds is 6. The Bertz CT molecular complexity index is 542. The van der Waals surface area contributed by atoms with Crippen LogP contribution < -0.4 is 0 Å². The first-order valence-corrected chi connectivity index (χ1v) is 9.19. The highest BCUT2D eigenvalue weighted by Gasteiger charge is 2.22. The maximum atomic E-state index is 12.7. The highest BCUT2D eigenvalue weighted by atomic mass is 127. The number of benzene rings is 1. The zero-order chi connectivity index (χ0) is 14.5. The summed E-state index contributed by atoms with van der Waals surface area (Å²) in [6, 6.07) is 7.11. The molecule has 0 aliphatic carbocycles. The van der Waals surface area contributed by atoms with Gasteiger partial charge in [-0.15, -0.1) is 0 Å². The molecule has 0 aliphatic rings. The summed E-state index contributed by atoms with van der Waals surface area (Å²) in [7, 11) is -3.33. The van der Waals surface area contributed by atoms with Crippen LogP contribution >= 0.6 is 22.6 Å². The third kappa shape index (κ3) is 4.31. The maximum absolute atomic E-state index is 12.7. The third-order valence-electron chi connectivity index (χ3n) is 2.90. The topological polar surface area (TPSA) is 34.1 Å².